The lowest BCUT2D eigenvalue weighted by Gasteiger charge is -2.25. The van der Waals surface area contributed by atoms with Gasteiger partial charge in [-0.2, -0.15) is 5.10 Å². The van der Waals surface area contributed by atoms with Gasteiger partial charge in [-0.25, -0.2) is 4.68 Å². The van der Waals surface area contributed by atoms with Crippen molar-refractivity contribution in [3.05, 3.63) is 47.7 Å². The largest absolute Gasteiger partial charge is 0.389 e. The summed E-state index contributed by atoms with van der Waals surface area (Å²) in [6.45, 7) is 5.54. The topological polar surface area (TPSA) is 62.1 Å². The third-order valence-corrected chi connectivity index (χ3v) is 3.94. The summed E-state index contributed by atoms with van der Waals surface area (Å²) in [7, 11) is 0. The van der Waals surface area contributed by atoms with Gasteiger partial charge in [0.25, 0.3) is 0 Å². The van der Waals surface area contributed by atoms with Gasteiger partial charge in [-0.15, -0.1) is 0 Å². The van der Waals surface area contributed by atoms with Crippen LogP contribution < -0.4 is 10.6 Å². The lowest BCUT2D eigenvalue weighted by atomic mass is 10.1. The van der Waals surface area contributed by atoms with Crippen LogP contribution in [0.3, 0.4) is 0 Å². The van der Waals surface area contributed by atoms with Crippen LogP contribution in [-0.4, -0.2) is 28.0 Å². The van der Waals surface area contributed by atoms with Crippen molar-refractivity contribution in [2.45, 2.75) is 26.1 Å². The van der Waals surface area contributed by atoms with Crippen LogP contribution in [-0.2, 0) is 13.1 Å². The van der Waals surface area contributed by atoms with Gasteiger partial charge in [-0.1, -0.05) is 24.3 Å². The number of benzene rings is 1. The molecule has 5 nitrogen and oxygen atoms in total. The van der Waals surface area contributed by atoms with Gasteiger partial charge < -0.3 is 15.7 Å². The molecule has 0 amide bonds. The highest BCUT2D eigenvalue weighted by molar-refractivity contribution is 5.35. The molecule has 0 bridgehead atoms. The van der Waals surface area contributed by atoms with E-state index in [1.807, 2.05) is 29.1 Å². The Morgan fingerprint density at radius 2 is 2.19 bits per heavy atom. The maximum absolute atomic E-state index is 9.49. The van der Waals surface area contributed by atoms with Gasteiger partial charge >= 0.3 is 0 Å². The molecule has 2 aromatic rings. The molecule has 2 heterocycles. The molecule has 0 radical (unpaired) electrons. The fourth-order valence-corrected chi connectivity index (χ4v) is 2.66. The van der Waals surface area contributed by atoms with E-state index >= 15 is 0 Å². The van der Waals surface area contributed by atoms with E-state index in [9.17, 15) is 5.11 Å². The summed E-state index contributed by atoms with van der Waals surface area (Å²) < 4.78 is 2.02. The summed E-state index contributed by atoms with van der Waals surface area (Å²) in [6.07, 6.45) is 1.44. The quantitative estimate of drug-likeness (QED) is 0.784. The molecule has 1 aliphatic rings. The third kappa shape index (κ3) is 3.43. The number of aliphatic hydroxyl groups is 1. The maximum Gasteiger partial charge on any atom is 0.124 e. The van der Waals surface area contributed by atoms with Crippen LogP contribution in [0.4, 0.5) is 5.82 Å². The fourth-order valence-electron chi connectivity index (χ4n) is 2.66. The highest BCUT2D eigenvalue weighted by Gasteiger charge is 2.17. The average Bonchev–Trinajstić information content (AvgIpc) is 2.95. The van der Waals surface area contributed by atoms with Crippen molar-refractivity contribution in [3.8, 4) is 0 Å². The zero-order chi connectivity index (χ0) is 14.7. The van der Waals surface area contributed by atoms with Gasteiger partial charge in [0.1, 0.15) is 5.82 Å². The predicted octanol–water partition coefficient (Wildman–Crippen LogP) is 1.77. The summed E-state index contributed by atoms with van der Waals surface area (Å²) in [5.74, 6) is 1.66. The number of aromatic nitrogens is 2. The number of hydrogen-bond donors (Lipinski definition) is 3. The standard InChI is InChI=1S/C16H22N4O/c1-12(21)15-4-2-13(3-5-15)8-17-9-14-10-18-16-6-7-19-20(16)11-14/h2-7,12,14,17-18,21H,8-11H2,1H3/t12-,14-/m0/s1. The number of fused-ring (bicyclic) bond motifs is 1. The van der Waals surface area contributed by atoms with Gasteiger partial charge in [0.2, 0.25) is 0 Å². The molecule has 0 saturated carbocycles. The minimum atomic E-state index is -0.399. The van der Waals surface area contributed by atoms with E-state index < -0.39 is 6.10 Å². The zero-order valence-electron chi connectivity index (χ0n) is 12.3. The monoisotopic (exact) mass is 286 g/mol. The van der Waals surface area contributed by atoms with Crippen molar-refractivity contribution in [2.75, 3.05) is 18.4 Å². The van der Waals surface area contributed by atoms with Crippen LogP contribution in [0.5, 0.6) is 0 Å². The molecule has 3 N–H and O–H groups in total. The van der Waals surface area contributed by atoms with Crippen molar-refractivity contribution >= 4 is 5.82 Å². The van der Waals surface area contributed by atoms with E-state index in [1.54, 1.807) is 6.92 Å². The van der Waals surface area contributed by atoms with Gasteiger partial charge in [0.15, 0.2) is 0 Å². The van der Waals surface area contributed by atoms with Crippen molar-refractivity contribution in [1.82, 2.24) is 15.1 Å². The van der Waals surface area contributed by atoms with Crippen LogP contribution in [0.2, 0.25) is 0 Å². The van der Waals surface area contributed by atoms with Crippen LogP contribution in [0, 0.1) is 5.92 Å². The highest BCUT2D eigenvalue weighted by Crippen LogP contribution is 2.16. The Labute approximate surface area is 125 Å². The molecule has 1 aromatic carbocycles. The summed E-state index contributed by atoms with van der Waals surface area (Å²) >= 11 is 0. The first kappa shape index (κ1) is 14.1. The predicted molar refractivity (Wildman–Crippen MR) is 83.0 cm³/mol. The number of anilines is 1. The fraction of sp³-hybridized carbons (Fsp3) is 0.438. The zero-order valence-corrected chi connectivity index (χ0v) is 12.3. The lowest BCUT2D eigenvalue weighted by molar-refractivity contribution is 0.199. The molecule has 112 valence electrons. The van der Waals surface area contributed by atoms with Crippen LogP contribution in [0.1, 0.15) is 24.2 Å². The van der Waals surface area contributed by atoms with Crippen molar-refractivity contribution < 1.29 is 5.11 Å². The molecule has 0 spiro atoms. The summed E-state index contributed by atoms with van der Waals surface area (Å²) in [4.78, 5) is 0. The van der Waals surface area contributed by atoms with Gasteiger partial charge in [0, 0.05) is 38.2 Å². The van der Waals surface area contributed by atoms with Crippen LogP contribution in [0.25, 0.3) is 0 Å². The summed E-state index contributed by atoms with van der Waals surface area (Å²) in [5, 5.41) is 20.7. The Morgan fingerprint density at radius 1 is 1.38 bits per heavy atom. The molecular weight excluding hydrogens is 264 g/mol. The third-order valence-electron chi connectivity index (χ3n) is 3.94. The van der Waals surface area contributed by atoms with Crippen molar-refractivity contribution in [2.24, 2.45) is 5.92 Å². The first-order valence-corrected chi connectivity index (χ1v) is 7.45. The Bertz CT molecular complexity index is 576. The molecule has 21 heavy (non-hydrogen) atoms. The minimum absolute atomic E-state index is 0.399. The summed E-state index contributed by atoms with van der Waals surface area (Å²) in [5.41, 5.74) is 2.20. The van der Waals surface area contributed by atoms with Crippen LogP contribution >= 0.6 is 0 Å². The second kappa shape index (κ2) is 6.28. The number of nitrogens with one attached hydrogen (secondary N) is 2. The number of hydrogen-bond acceptors (Lipinski definition) is 4. The first-order chi connectivity index (χ1) is 10.2. The number of nitrogens with zero attached hydrogens (tertiary/aromatic N) is 2. The molecule has 0 unspecified atom stereocenters. The Hall–Kier alpha value is -1.85. The number of rotatable bonds is 5. The van der Waals surface area contributed by atoms with E-state index in [2.05, 4.69) is 27.9 Å². The molecular formula is C16H22N4O. The molecule has 0 saturated heterocycles. The number of aliphatic hydroxyl groups excluding tert-OH is 1. The SMILES string of the molecule is C[C@H](O)c1ccc(CNC[C@H]2CNc3ccnn3C2)cc1. The second-order valence-corrected chi connectivity index (χ2v) is 5.69. The molecule has 3 rings (SSSR count). The van der Waals surface area contributed by atoms with Crippen molar-refractivity contribution in [3.63, 3.8) is 0 Å². The maximum atomic E-state index is 9.49. The smallest absolute Gasteiger partial charge is 0.124 e. The Balaban J connectivity index is 1.46. The minimum Gasteiger partial charge on any atom is -0.389 e. The van der Waals surface area contributed by atoms with E-state index in [0.29, 0.717) is 5.92 Å². The lowest BCUT2D eigenvalue weighted by Crippen LogP contribution is -2.35. The summed E-state index contributed by atoms with van der Waals surface area (Å²) in [6, 6.07) is 10.1. The first-order valence-electron chi connectivity index (χ1n) is 7.45. The molecule has 1 aliphatic heterocycles. The normalized spacial score (nSPS) is 18.9. The van der Waals surface area contributed by atoms with E-state index in [4.69, 9.17) is 0 Å². The van der Waals surface area contributed by atoms with Gasteiger partial charge in [0.05, 0.1) is 12.3 Å². The highest BCUT2D eigenvalue weighted by atomic mass is 16.3. The second-order valence-electron chi connectivity index (χ2n) is 5.69. The average molecular weight is 286 g/mol. The van der Waals surface area contributed by atoms with E-state index in [1.165, 1.54) is 5.56 Å². The molecule has 5 heteroatoms. The molecule has 1 aromatic heterocycles. The Kier molecular flexibility index (Phi) is 4.22. The van der Waals surface area contributed by atoms with Crippen molar-refractivity contribution in [1.29, 1.82) is 0 Å². The molecule has 2 atom stereocenters. The molecule has 0 fully saturated rings. The molecule has 0 aliphatic carbocycles. The van der Waals surface area contributed by atoms with E-state index in [-0.39, 0.29) is 0 Å². The van der Waals surface area contributed by atoms with Crippen LogP contribution in [0.15, 0.2) is 36.5 Å². The Morgan fingerprint density at radius 3 is 2.95 bits per heavy atom. The van der Waals surface area contributed by atoms with E-state index in [0.717, 1.165) is 37.6 Å². The van der Waals surface area contributed by atoms with Gasteiger partial charge in [-0.3, -0.25) is 0 Å². The van der Waals surface area contributed by atoms with Gasteiger partial charge in [-0.05, 0) is 18.1 Å².